The lowest BCUT2D eigenvalue weighted by atomic mass is 10.0. The topological polar surface area (TPSA) is 57.7 Å². The summed E-state index contributed by atoms with van der Waals surface area (Å²) >= 11 is 0.890. The summed E-state index contributed by atoms with van der Waals surface area (Å²) in [6.07, 6.45) is 3.67. The predicted octanol–water partition coefficient (Wildman–Crippen LogP) is 4.01. The van der Waals surface area contributed by atoms with Gasteiger partial charge in [-0.3, -0.25) is 19.3 Å². The van der Waals surface area contributed by atoms with Gasteiger partial charge in [-0.1, -0.05) is 54.6 Å². The molecule has 4 rings (SSSR count). The van der Waals surface area contributed by atoms with Crippen LogP contribution >= 0.6 is 11.8 Å². The van der Waals surface area contributed by atoms with E-state index in [-0.39, 0.29) is 17.7 Å². The molecular formula is C22H20N2O3S. The van der Waals surface area contributed by atoms with Crippen LogP contribution < -0.4 is 0 Å². The molecule has 0 N–H and O–H groups in total. The van der Waals surface area contributed by atoms with E-state index in [1.165, 1.54) is 0 Å². The van der Waals surface area contributed by atoms with E-state index in [1.54, 1.807) is 11.0 Å². The number of thioether (sulfide) groups is 1. The van der Waals surface area contributed by atoms with Gasteiger partial charge >= 0.3 is 0 Å². The number of hydrogen-bond donors (Lipinski definition) is 0. The summed E-state index contributed by atoms with van der Waals surface area (Å²) in [5.74, 6) is -0.553. The van der Waals surface area contributed by atoms with Gasteiger partial charge in [-0.25, -0.2) is 0 Å². The normalized spacial score (nSPS) is 18.4. The minimum absolute atomic E-state index is 0.159. The molecule has 0 bridgehead atoms. The number of hydrogen-bond acceptors (Lipinski definition) is 4. The van der Waals surface area contributed by atoms with Crippen molar-refractivity contribution in [3.05, 3.63) is 65.1 Å². The fourth-order valence-electron chi connectivity index (χ4n) is 3.39. The molecule has 5 nitrogen and oxygen atoms in total. The van der Waals surface area contributed by atoms with Gasteiger partial charge < -0.3 is 4.90 Å². The van der Waals surface area contributed by atoms with Crippen molar-refractivity contribution < 1.29 is 14.4 Å². The van der Waals surface area contributed by atoms with Crippen LogP contribution in [0.2, 0.25) is 0 Å². The maximum atomic E-state index is 12.6. The standard InChI is InChI=1S/C22H20N2O3S/c25-20(23-12-4-5-13-23)15-24-21(26)19(28-22(24)27)14-16-8-10-18(11-9-16)17-6-2-1-3-7-17/h1-3,6-11,14H,4-5,12-13,15H2. The molecule has 0 aliphatic carbocycles. The zero-order chi connectivity index (χ0) is 19.5. The van der Waals surface area contributed by atoms with Gasteiger partial charge in [0.15, 0.2) is 0 Å². The van der Waals surface area contributed by atoms with Crippen molar-refractivity contribution in [2.45, 2.75) is 12.8 Å². The molecule has 2 fully saturated rings. The minimum Gasteiger partial charge on any atom is -0.341 e. The van der Waals surface area contributed by atoms with Gasteiger partial charge in [0.25, 0.3) is 11.1 Å². The molecule has 2 aliphatic rings. The maximum absolute atomic E-state index is 12.6. The van der Waals surface area contributed by atoms with E-state index in [2.05, 4.69) is 0 Å². The van der Waals surface area contributed by atoms with Crippen LogP contribution in [0.4, 0.5) is 4.79 Å². The second-order valence-corrected chi connectivity index (χ2v) is 7.84. The summed E-state index contributed by atoms with van der Waals surface area (Å²) in [6, 6.07) is 17.9. The SMILES string of the molecule is O=C(CN1C(=O)SC(=Cc2ccc(-c3ccccc3)cc2)C1=O)N1CCCC1. The Labute approximate surface area is 168 Å². The Morgan fingerprint density at radius 3 is 2.25 bits per heavy atom. The highest BCUT2D eigenvalue weighted by Crippen LogP contribution is 2.32. The lowest BCUT2D eigenvalue weighted by Crippen LogP contribution is -2.40. The van der Waals surface area contributed by atoms with Gasteiger partial charge in [-0.2, -0.15) is 0 Å². The Balaban J connectivity index is 1.47. The first kappa shape index (κ1) is 18.5. The number of imide groups is 1. The quantitative estimate of drug-likeness (QED) is 0.738. The van der Waals surface area contributed by atoms with E-state index >= 15 is 0 Å². The number of carbonyl (C=O) groups excluding carboxylic acids is 3. The zero-order valence-electron chi connectivity index (χ0n) is 15.3. The summed E-state index contributed by atoms with van der Waals surface area (Å²) in [6.45, 7) is 1.24. The monoisotopic (exact) mass is 392 g/mol. The van der Waals surface area contributed by atoms with E-state index < -0.39 is 5.91 Å². The third-order valence-electron chi connectivity index (χ3n) is 4.94. The molecule has 0 aromatic heterocycles. The Kier molecular flexibility index (Phi) is 5.30. The molecule has 0 atom stereocenters. The molecule has 0 unspecified atom stereocenters. The van der Waals surface area contributed by atoms with Crippen LogP contribution in [0.15, 0.2) is 59.5 Å². The molecule has 2 saturated heterocycles. The molecule has 2 aliphatic heterocycles. The van der Waals surface area contributed by atoms with E-state index in [4.69, 9.17) is 0 Å². The average molecular weight is 392 g/mol. The molecule has 2 aromatic rings. The van der Waals surface area contributed by atoms with Gasteiger partial charge in [0.2, 0.25) is 5.91 Å². The smallest absolute Gasteiger partial charge is 0.294 e. The maximum Gasteiger partial charge on any atom is 0.294 e. The van der Waals surface area contributed by atoms with Crippen LogP contribution in [0.1, 0.15) is 18.4 Å². The number of benzene rings is 2. The second-order valence-electron chi connectivity index (χ2n) is 6.84. The Morgan fingerprint density at radius 2 is 1.57 bits per heavy atom. The van der Waals surface area contributed by atoms with Gasteiger partial charge in [0, 0.05) is 13.1 Å². The minimum atomic E-state index is -0.394. The molecule has 0 spiro atoms. The summed E-state index contributed by atoms with van der Waals surface area (Å²) in [5.41, 5.74) is 3.05. The second kappa shape index (κ2) is 8.02. The summed E-state index contributed by atoms with van der Waals surface area (Å²) in [5, 5.41) is -0.385. The predicted molar refractivity (Wildman–Crippen MR) is 110 cm³/mol. The van der Waals surface area contributed by atoms with Crippen LogP contribution in [0.5, 0.6) is 0 Å². The van der Waals surface area contributed by atoms with Crippen molar-refractivity contribution in [2.75, 3.05) is 19.6 Å². The number of carbonyl (C=O) groups is 3. The molecule has 2 heterocycles. The lowest BCUT2D eigenvalue weighted by Gasteiger charge is -2.18. The highest BCUT2D eigenvalue weighted by molar-refractivity contribution is 8.18. The fraction of sp³-hybridized carbons (Fsp3) is 0.227. The van der Waals surface area contributed by atoms with Crippen molar-refractivity contribution in [1.29, 1.82) is 0 Å². The molecule has 0 saturated carbocycles. The van der Waals surface area contributed by atoms with Crippen molar-refractivity contribution in [1.82, 2.24) is 9.80 Å². The number of amides is 3. The Morgan fingerprint density at radius 1 is 0.929 bits per heavy atom. The van der Waals surface area contributed by atoms with Gasteiger partial charge in [-0.15, -0.1) is 0 Å². The number of likely N-dealkylation sites (tertiary alicyclic amines) is 1. The van der Waals surface area contributed by atoms with Gasteiger partial charge in [0.1, 0.15) is 6.54 Å². The van der Waals surface area contributed by atoms with Crippen molar-refractivity contribution in [2.24, 2.45) is 0 Å². The lowest BCUT2D eigenvalue weighted by molar-refractivity contribution is -0.135. The van der Waals surface area contributed by atoms with Crippen LogP contribution in [0.3, 0.4) is 0 Å². The van der Waals surface area contributed by atoms with Gasteiger partial charge in [-0.05, 0) is 47.4 Å². The Hall–Kier alpha value is -2.86. The van der Waals surface area contributed by atoms with Crippen molar-refractivity contribution in [3.8, 4) is 11.1 Å². The van der Waals surface area contributed by atoms with Gasteiger partial charge in [0.05, 0.1) is 4.91 Å². The third-order valence-corrected chi connectivity index (χ3v) is 5.85. The molecule has 0 radical (unpaired) electrons. The van der Waals surface area contributed by atoms with Crippen molar-refractivity contribution >= 4 is 34.9 Å². The first-order chi connectivity index (χ1) is 13.6. The van der Waals surface area contributed by atoms with E-state index in [9.17, 15) is 14.4 Å². The first-order valence-electron chi connectivity index (χ1n) is 9.30. The summed E-state index contributed by atoms with van der Waals surface area (Å²) < 4.78 is 0. The highest BCUT2D eigenvalue weighted by Gasteiger charge is 2.37. The van der Waals surface area contributed by atoms with E-state index in [0.717, 1.165) is 46.2 Å². The van der Waals surface area contributed by atoms with Crippen molar-refractivity contribution in [3.63, 3.8) is 0 Å². The third kappa shape index (κ3) is 3.87. The summed E-state index contributed by atoms with van der Waals surface area (Å²) in [7, 11) is 0. The number of nitrogens with zero attached hydrogens (tertiary/aromatic N) is 2. The molecule has 6 heteroatoms. The molecule has 2 aromatic carbocycles. The van der Waals surface area contributed by atoms with Crippen LogP contribution in [-0.2, 0) is 9.59 Å². The number of rotatable bonds is 4. The molecular weight excluding hydrogens is 372 g/mol. The molecule has 142 valence electrons. The van der Waals surface area contributed by atoms with Crippen LogP contribution in [0.25, 0.3) is 17.2 Å². The largest absolute Gasteiger partial charge is 0.341 e. The first-order valence-corrected chi connectivity index (χ1v) is 10.1. The van der Waals surface area contributed by atoms with E-state index in [0.29, 0.717) is 18.0 Å². The fourth-order valence-corrected chi connectivity index (χ4v) is 4.23. The zero-order valence-corrected chi connectivity index (χ0v) is 16.2. The Bertz CT molecular complexity index is 932. The van der Waals surface area contributed by atoms with E-state index in [1.807, 2.05) is 54.6 Å². The molecule has 28 heavy (non-hydrogen) atoms. The molecule has 3 amide bonds. The van der Waals surface area contributed by atoms with Crippen LogP contribution in [0, 0.1) is 0 Å². The highest BCUT2D eigenvalue weighted by atomic mass is 32.2. The summed E-state index contributed by atoms with van der Waals surface area (Å²) in [4.78, 5) is 40.2. The average Bonchev–Trinajstić information content (AvgIpc) is 3.34. The van der Waals surface area contributed by atoms with Crippen LogP contribution in [-0.4, -0.2) is 46.5 Å².